The molecule has 1 fully saturated rings. The molecule has 0 atom stereocenters. The van der Waals surface area contributed by atoms with Crippen molar-refractivity contribution in [2.45, 2.75) is 25.3 Å². The molecule has 1 saturated carbocycles. The molecule has 122 valence electrons. The lowest BCUT2D eigenvalue weighted by atomic mass is 10.2. The number of rotatable bonds is 8. The lowest BCUT2D eigenvalue weighted by molar-refractivity contribution is 0.425. The van der Waals surface area contributed by atoms with Gasteiger partial charge in [-0.05, 0) is 39.1 Å². The van der Waals surface area contributed by atoms with Crippen LogP contribution in [0.1, 0.15) is 30.1 Å². The van der Waals surface area contributed by atoms with Gasteiger partial charge < -0.3 is 15.5 Å². The molecule has 2 heterocycles. The zero-order chi connectivity index (χ0) is 16.1. The van der Waals surface area contributed by atoms with E-state index in [2.05, 4.69) is 50.6 Å². The first-order chi connectivity index (χ1) is 11.2. The number of hydrogen-bond donors (Lipinski definition) is 2. The maximum Gasteiger partial charge on any atom is 0.224 e. The Labute approximate surface area is 137 Å². The van der Waals surface area contributed by atoms with Crippen LogP contribution in [0.15, 0.2) is 30.5 Å². The van der Waals surface area contributed by atoms with Crippen LogP contribution >= 0.6 is 0 Å². The third-order valence-electron chi connectivity index (χ3n) is 3.76. The molecule has 3 rings (SSSR count). The zero-order valence-electron chi connectivity index (χ0n) is 13.8. The minimum Gasteiger partial charge on any atom is -0.364 e. The molecule has 23 heavy (non-hydrogen) atoms. The van der Waals surface area contributed by atoms with Crippen molar-refractivity contribution in [2.75, 3.05) is 37.8 Å². The van der Waals surface area contributed by atoms with Crippen molar-refractivity contribution in [1.29, 1.82) is 0 Å². The summed E-state index contributed by atoms with van der Waals surface area (Å²) in [5.41, 5.74) is 2.14. The maximum atomic E-state index is 4.65. The van der Waals surface area contributed by atoms with Gasteiger partial charge in [0.2, 0.25) is 5.95 Å². The predicted octanol–water partition coefficient (Wildman–Crippen LogP) is 2.33. The van der Waals surface area contributed by atoms with Gasteiger partial charge in [-0.25, -0.2) is 4.98 Å². The Balaban J connectivity index is 1.66. The molecular formula is C17H24N6. The molecule has 0 aliphatic heterocycles. The van der Waals surface area contributed by atoms with E-state index in [-0.39, 0.29) is 0 Å². The Morgan fingerprint density at radius 2 is 2.04 bits per heavy atom. The van der Waals surface area contributed by atoms with Gasteiger partial charge in [0.15, 0.2) is 0 Å². The fourth-order valence-electron chi connectivity index (χ4n) is 2.30. The van der Waals surface area contributed by atoms with E-state index >= 15 is 0 Å². The second-order valence-electron chi connectivity index (χ2n) is 6.18. The number of nitrogens with zero attached hydrogens (tertiary/aromatic N) is 4. The lowest BCUT2D eigenvalue weighted by Crippen LogP contribution is -2.21. The highest BCUT2D eigenvalue weighted by Gasteiger charge is 2.26. The highest BCUT2D eigenvalue weighted by molar-refractivity contribution is 5.44. The second kappa shape index (κ2) is 7.37. The van der Waals surface area contributed by atoms with Crippen LogP contribution in [-0.4, -0.2) is 47.0 Å². The number of likely N-dealkylation sites (N-methyl/N-ethyl adjacent to an activating group) is 1. The first-order valence-electron chi connectivity index (χ1n) is 8.12. The summed E-state index contributed by atoms with van der Waals surface area (Å²) in [6.07, 6.45) is 4.27. The smallest absolute Gasteiger partial charge is 0.224 e. The largest absolute Gasteiger partial charge is 0.364 e. The van der Waals surface area contributed by atoms with E-state index < -0.39 is 0 Å². The van der Waals surface area contributed by atoms with Gasteiger partial charge in [-0.3, -0.25) is 4.98 Å². The first kappa shape index (κ1) is 15.7. The van der Waals surface area contributed by atoms with E-state index in [0.29, 0.717) is 18.4 Å². The third kappa shape index (κ3) is 4.89. The Bertz CT molecular complexity index is 624. The molecule has 6 heteroatoms. The van der Waals surface area contributed by atoms with Crippen LogP contribution in [-0.2, 0) is 6.54 Å². The minimum atomic E-state index is 0.600. The van der Waals surface area contributed by atoms with Crippen molar-refractivity contribution in [3.63, 3.8) is 0 Å². The standard InChI is InChI=1S/C17H24N6/c1-23(2)10-9-19-17-21-15(13-6-7-13)11-16(22-17)20-12-14-5-3-4-8-18-14/h3-5,8,11,13H,6-7,9-10,12H2,1-2H3,(H2,19,20,21,22). The van der Waals surface area contributed by atoms with Crippen LogP contribution in [0, 0.1) is 0 Å². The van der Waals surface area contributed by atoms with E-state index in [1.807, 2.05) is 18.2 Å². The summed E-state index contributed by atoms with van der Waals surface area (Å²) in [5.74, 6) is 2.17. The molecule has 6 nitrogen and oxygen atoms in total. The Kier molecular flexibility index (Phi) is 5.02. The summed E-state index contributed by atoms with van der Waals surface area (Å²) < 4.78 is 0. The van der Waals surface area contributed by atoms with E-state index in [4.69, 9.17) is 0 Å². The Morgan fingerprint density at radius 3 is 2.74 bits per heavy atom. The third-order valence-corrected chi connectivity index (χ3v) is 3.76. The van der Waals surface area contributed by atoms with Crippen molar-refractivity contribution in [1.82, 2.24) is 19.9 Å². The summed E-state index contributed by atoms with van der Waals surface area (Å²) in [6.45, 7) is 2.45. The fourth-order valence-corrected chi connectivity index (χ4v) is 2.30. The van der Waals surface area contributed by atoms with Crippen molar-refractivity contribution >= 4 is 11.8 Å². The van der Waals surface area contributed by atoms with Gasteiger partial charge in [0.05, 0.1) is 17.9 Å². The molecule has 0 aromatic carbocycles. The summed E-state index contributed by atoms with van der Waals surface area (Å²) in [5, 5.41) is 6.68. The predicted molar refractivity (Wildman–Crippen MR) is 92.6 cm³/mol. The molecular weight excluding hydrogens is 288 g/mol. The highest BCUT2D eigenvalue weighted by atomic mass is 15.2. The van der Waals surface area contributed by atoms with Crippen LogP contribution < -0.4 is 10.6 Å². The van der Waals surface area contributed by atoms with Crippen molar-refractivity contribution in [3.8, 4) is 0 Å². The molecule has 2 N–H and O–H groups in total. The van der Waals surface area contributed by atoms with Crippen LogP contribution in [0.25, 0.3) is 0 Å². The van der Waals surface area contributed by atoms with Gasteiger partial charge in [0.1, 0.15) is 5.82 Å². The molecule has 1 aliphatic rings. The van der Waals surface area contributed by atoms with E-state index in [1.54, 1.807) is 6.20 Å². The average molecular weight is 312 g/mol. The van der Waals surface area contributed by atoms with Gasteiger partial charge in [-0.1, -0.05) is 6.07 Å². The monoisotopic (exact) mass is 312 g/mol. The highest BCUT2D eigenvalue weighted by Crippen LogP contribution is 2.39. The van der Waals surface area contributed by atoms with Gasteiger partial charge >= 0.3 is 0 Å². The van der Waals surface area contributed by atoms with Gasteiger partial charge in [0.25, 0.3) is 0 Å². The average Bonchev–Trinajstić information content (AvgIpc) is 3.38. The lowest BCUT2D eigenvalue weighted by Gasteiger charge is -2.13. The second-order valence-corrected chi connectivity index (χ2v) is 6.18. The maximum absolute atomic E-state index is 4.65. The number of aromatic nitrogens is 3. The number of anilines is 2. The zero-order valence-corrected chi connectivity index (χ0v) is 13.8. The normalized spacial score (nSPS) is 14.0. The SMILES string of the molecule is CN(C)CCNc1nc(NCc2ccccn2)cc(C2CC2)n1. The summed E-state index contributed by atoms with van der Waals surface area (Å²) in [6, 6.07) is 7.99. The number of nitrogens with one attached hydrogen (secondary N) is 2. The molecule has 0 saturated heterocycles. The summed E-state index contributed by atoms with van der Waals surface area (Å²) in [4.78, 5) is 15.7. The molecule has 0 unspecified atom stereocenters. The summed E-state index contributed by atoms with van der Waals surface area (Å²) >= 11 is 0. The molecule has 0 amide bonds. The van der Waals surface area contributed by atoms with E-state index in [1.165, 1.54) is 12.8 Å². The van der Waals surface area contributed by atoms with Crippen LogP contribution in [0.3, 0.4) is 0 Å². The van der Waals surface area contributed by atoms with Crippen molar-refractivity contribution in [2.24, 2.45) is 0 Å². The van der Waals surface area contributed by atoms with E-state index in [9.17, 15) is 0 Å². The molecule has 1 aliphatic carbocycles. The molecule has 0 spiro atoms. The Morgan fingerprint density at radius 1 is 1.17 bits per heavy atom. The minimum absolute atomic E-state index is 0.600. The fraction of sp³-hybridized carbons (Fsp3) is 0.471. The first-order valence-corrected chi connectivity index (χ1v) is 8.12. The quantitative estimate of drug-likeness (QED) is 0.780. The number of hydrogen-bond acceptors (Lipinski definition) is 6. The molecule has 2 aromatic heterocycles. The molecule has 0 bridgehead atoms. The van der Waals surface area contributed by atoms with Crippen LogP contribution in [0.5, 0.6) is 0 Å². The van der Waals surface area contributed by atoms with Crippen molar-refractivity contribution in [3.05, 3.63) is 41.9 Å². The van der Waals surface area contributed by atoms with Crippen molar-refractivity contribution < 1.29 is 0 Å². The number of pyridine rings is 1. The van der Waals surface area contributed by atoms with Crippen LogP contribution in [0.2, 0.25) is 0 Å². The molecule has 2 aromatic rings. The van der Waals surface area contributed by atoms with E-state index in [0.717, 1.165) is 30.3 Å². The van der Waals surface area contributed by atoms with Crippen LogP contribution in [0.4, 0.5) is 11.8 Å². The topological polar surface area (TPSA) is 66.0 Å². The van der Waals surface area contributed by atoms with Gasteiger partial charge in [0, 0.05) is 31.3 Å². The Hall–Kier alpha value is -2.21. The van der Waals surface area contributed by atoms with Gasteiger partial charge in [-0.2, -0.15) is 4.98 Å². The van der Waals surface area contributed by atoms with Gasteiger partial charge in [-0.15, -0.1) is 0 Å². The molecule has 0 radical (unpaired) electrons. The summed E-state index contributed by atoms with van der Waals surface area (Å²) in [7, 11) is 4.12.